The van der Waals surface area contributed by atoms with E-state index in [1.165, 1.54) is 0 Å². The van der Waals surface area contributed by atoms with Crippen molar-refractivity contribution in [2.75, 3.05) is 40.0 Å². The fourth-order valence-corrected chi connectivity index (χ4v) is 1.92. The molecule has 0 saturated carbocycles. The number of hydrogen-bond acceptors (Lipinski definition) is 4. The molecule has 1 unspecified atom stereocenters. The lowest BCUT2D eigenvalue weighted by molar-refractivity contribution is -0.0173. The monoisotopic (exact) mass is 232 g/mol. The molecule has 0 bridgehead atoms. The molecule has 1 atom stereocenters. The topological polar surface area (TPSA) is 47.7 Å². The molecule has 0 aromatic heterocycles. The summed E-state index contributed by atoms with van der Waals surface area (Å²) >= 11 is 0. The maximum absolute atomic E-state index is 5.90. The molecule has 0 aliphatic rings. The number of hydrogen-bond donors (Lipinski definition) is 1. The summed E-state index contributed by atoms with van der Waals surface area (Å²) in [7, 11) is 1.72. The van der Waals surface area contributed by atoms with Crippen LogP contribution in [0.2, 0.25) is 0 Å². The van der Waals surface area contributed by atoms with Crippen LogP contribution >= 0.6 is 0 Å². The van der Waals surface area contributed by atoms with Gasteiger partial charge in [0.1, 0.15) is 0 Å². The van der Waals surface area contributed by atoms with Crippen LogP contribution in [0.4, 0.5) is 0 Å². The zero-order chi connectivity index (χ0) is 12.6. The van der Waals surface area contributed by atoms with Crippen LogP contribution in [0.5, 0.6) is 0 Å². The Balaban J connectivity index is 4.53. The molecular weight excluding hydrogens is 204 g/mol. The largest absolute Gasteiger partial charge is 0.383 e. The number of rotatable bonds is 9. The molecule has 2 N–H and O–H groups in total. The van der Waals surface area contributed by atoms with Crippen LogP contribution < -0.4 is 5.73 Å². The van der Waals surface area contributed by atoms with E-state index in [4.69, 9.17) is 15.2 Å². The first-order valence-corrected chi connectivity index (χ1v) is 6.05. The van der Waals surface area contributed by atoms with Gasteiger partial charge in [-0.25, -0.2) is 0 Å². The lowest BCUT2D eigenvalue weighted by atomic mass is 9.99. The quantitative estimate of drug-likeness (QED) is 0.646. The molecule has 0 aromatic carbocycles. The van der Waals surface area contributed by atoms with Gasteiger partial charge in [-0.1, -0.05) is 0 Å². The zero-order valence-electron chi connectivity index (χ0n) is 11.5. The molecule has 0 radical (unpaired) electrons. The predicted octanol–water partition coefficient (Wildman–Crippen LogP) is 1.10. The van der Waals surface area contributed by atoms with Crippen molar-refractivity contribution in [1.82, 2.24) is 4.90 Å². The minimum Gasteiger partial charge on any atom is -0.383 e. The highest BCUT2D eigenvalue weighted by Gasteiger charge is 2.32. The van der Waals surface area contributed by atoms with Crippen molar-refractivity contribution in [2.24, 2.45) is 5.73 Å². The summed E-state index contributed by atoms with van der Waals surface area (Å²) in [6, 6.07) is 0.434. The smallest absolute Gasteiger partial charge is 0.0660 e. The van der Waals surface area contributed by atoms with Crippen LogP contribution in [-0.2, 0) is 9.47 Å². The van der Waals surface area contributed by atoms with Crippen LogP contribution in [0.15, 0.2) is 0 Å². The third-order valence-electron chi connectivity index (χ3n) is 2.91. The highest BCUT2D eigenvalue weighted by Crippen LogP contribution is 2.17. The van der Waals surface area contributed by atoms with Crippen molar-refractivity contribution in [3.8, 4) is 0 Å². The van der Waals surface area contributed by atoms with Gasteiger partial charge in [-0.3, -0.25) is 4.90 Å². The Bertz CT molecular complexity index is 176. The van der Waals surface area contributed by atoms with E-state index in [1.807, 2.05) is 6.92 Å². The minimum absolute atomic E-state index is 0.108. The molecule has 0 fully saturated rings. The Hall–Kier alpha value is -0.160. The first kappa shape index (κ1) is 15.8. The van der Waals surface area contributed by atoms with Crippen molar-refractivity contribution in [2.45, 2.75) is 39.3 Å². The molecule has 0 aromatic rings. The number of methoxy groups -OCH3 is 1. The number of nitrogens with zero attached hydrogens (tertiary/aromatic N) is 1. The second-order valence-electron chi connectivity index (χ2n) is 4.62. The molecule has 0 aliphatic carbocycles. The standard InChI is InChI=1S/C12H28N2O2/c1-6-16-10-12(4,9-13)14(11(2)3)7-8-15-5/h11H,6-10,13H2,1-5H3. The molecule has 0 aliphatic heterocycles. The third-order valence-corrected chi connectivity index (χ3v) is 2.91. The van der Waals surface area contributed by atoms with Gasteiger partial charge in [-0.05, 0) is 27.7 Å². The molecule has 16 heavy (non-hydrogen) atoms. The minimum atomic E-state index is -0.108. The van der Waals surface area contributed by atoms with Gasteiger partial charge in [0, 0.05) is 32.8 Å². The van der Waals surface area contributed by atoms with Gasteiger partial charge in [0.2, 0.25) is 0 Å². The summed E-state index contributed by atoms with van der Waals surface area (Å²) in [6.07, 6.45) is 0. The van der Waals surface area contributed by atoms with Gasteiger partial charge < -0.3 is 15.2 Å². The Labute approximate surface area is 100 Å². The molecular formula is C12H28N2O2. The summed E-state index contributed by atoms with van der Waals surface area (Å²) < 4.78 is 10.7. The molecule has 0 spiro atoms. The summed E-state index contributed by atoms with van der Waals surface area (Å²) in [5.74, 6) is 0. The second-order valence-corrected chi connectivity index (χ2v) is 4.62. The van der Waals surface area contributed by atoms with E-state index >= 15 is 0 Å². The molecule has 98 valence electrons. The maximum atomic E-state index is 5.90. The van der Waals surface area contributed by atoms with E-state index in [-0.39, 0.29) is 5.54 Å². The van der Waals surface area contributed by atoms with Gasteiger partial charge in [0.15, 0.2) is 0 Å². The van der Waals surface area contributed by atoms with Gasteiger partial charge >= 0.3 is 0 Å². The van der Waals surface area contributed by atoms with Crippen molar-refractivity contribution < 1.29 is 9.47 Å². The van der Waals surface area contributed by atoms with Crippen LogP contribution in [0.3, 0.4) is 0 Å². The first-order chi connectivity index (χ1) is 7.51. The summed E-state index contributed by atoms with van der Waals surface area (Å²) in [5.41, 5.74) is 5.79. The van der Waals surface area contributed by atoms with E-state index in [9.17, 15) is 0 Å². The van der Waals surface area contributed by atoms with Crippen LogP contribution in [-0.4, -0.2) is 56.5 Å². The Morgan fingerprint density at radius 1 is 1.38 bits per heavy atom. The maximum Gasteiger partial charge on any atom is 0.0660 e. The van der Waals surface area contributed by atoms with Crippen molar-refractivity contribution in [3.05, 3.63) is 0 Å². The van der Waals surface area contributed by atoms with Gasteiger partial charge in [-0.15, -0.1) is 0 Å². The molecule has 4 heteroatoms. The summed E-state index contributed by atoms with van der Waals surface area (Å²) in [4.78, 5) is 2.35. The van der Waals surface area contributed by atoms with Crippen molar-refractivity contribution >= 4 is 0 Å². The van der Waals surface area contributed by atoms with E-state index < -0.39 is 0 Å². The highest BCUT2D eigenvalue weighted by atomic mass is 16.5. The van der Waals surface area contributed by atoms with Crippen molar-refractivity contribution in [1.29, 1.82) is 0 Å². The molecule has 0 amide bonds. The van der Waals surface area contributed by atoms with E-state index in [2.05, 4.69) is 25.7 Å². The van der Waals surface area contributed by atoms with Gasteiger partial charge in [-0.2, -0.15) is 0 Å². The number of ether oxygens (including phenoxy) is 2. The third kappa shape index (κ3) is 4.78. The molecule has 0 saturated heterocycles. The SMILES string of the molecule is CCOCC(C)(CN)N(CCOC)C(C)C. The van der Waals surface area contributed by atoms with E-state index in [0.29, 0.717) is 19.2 Å². The fraction of sp³-hybridized carbons (Fsp3) is 1.00. The fourth-order valence-electron chi connectivity index (χ4n) is 1.92. The zero-order valence-corrected chi connectivity index (χ0v) is 11.5. The lowest BCUT2D eigenvalue weighted by Crippen LogP contribution is -2.58. The summed E-state index contributed by atoms with van der Waals surface area (Å²) in [6.45, 7) is 12.1. The van der Waals surface area contributed by atoms with Crippen molar-refractivity contribution in [3.63, 3.8) is 0 Å². The van der Waals surface area contributed by atoms with Crippen LogP contribution in [0.1, 0.15) is 27.7 Å². The Morgan fingerprint density at radius 3 is 2.38 bits per heavy atom. The normalized spacial score (nSPS) is 15.8. The van der Waals surface area contributed by atoms with Crippen LogP contribution in [0.25, 0.3) is 0 Å². The van der Waals surface area contributed by atoms with E-state index in [0.717, 1.165) is 19.8 Å². The highest BCUT2D eigenvalue weighted by molar-refractivity contribution is 4.89. The second kappa shape index (κ2) is 8.01. The van der Waals surface area contributed by atoms with Gasteiger partial charge in [0.05, 0.1) is 18.8 Å². The first-order valence-electron chi connectivity index (χ1n) is 6.05. The van der Waals surface area contributed by atoms with Crippen LogP contribution in [0, 0.1) is 0 Å². The summed E-state index contributed by atoms with van der Waals surface area (Å²) in [5, 5.41) is 0. The Kier molecular flexibility index (Phi) is 7.93. The molecule has 0 heterocycles. The van der Waals surface area contributed by atoms with Gasteiger partial charge in [0.25, 0.3) is 0 Å². The average molecular weight is 232 g/mol. The average Bonchev–Trinajstić information content (AvgIpc) is 2.26. The number of nitrogens with two attached hydrogens (primary N) is 1. The predicted molar refractivity (Wildman–Crippen MR) is 67.7 cm³/mol. The molecule has 0 rings (SSSR count). The van der Waals surface area contributed by atoms with E-state index in [1.54, 1.807) is 7.11 Å². The Morgan fingerprint density at radius 2 is 2.00 bits per heavy atom. The molecule has 4 nitrogen and oxygen atoms in total. The lowest BCUT2D eigenvalue weighted by Gasteiger charge is -2.43.